The van der Waals surface area contributed by atoms with Crippen molar-refractivity contribution in [1.29, 1.82) is 0 Å². The van der Waals surface area contributed by atoms with Crippen LogP contribution in [-0.2, 0) is 6.18 Å². The Morgan fingerprint density at radius 1 is 1.05 bits per heavy atom. The molecule has 0 bridgehead atoms. The van der Waals surface area contributed by atoms with E-state index in [1.165, 1.54) is 18.3 Å². The number of benzene rings is 2. The van der Waals surface area contributed by atoms with Gasteiger partial charge in [-0.05, 0) is 25.1 Å². The molecule has 5 heteroatoms. The Balaban J connectivity index is 2.36. The lowest BCUT2D eigenvalue weighted by Crippen LogP contribution is -2.06. The van der Waals surface area contributed by atoms with Crippen LogP contribution >= 0.6 is 0 Å². The van der Waals surface area contributed by atoms with Crippen molar-refractivity contribution in [3.8, 4) is 0 Å². The second-order valence-corrected chi connectivity index (χ2v) is 4.42. The fourth-order valence-corrected chi connectivity index (χ4v) is 1.78. The van der Waals surface area contributed by atoms with E-state index in [2.05, 4.69) is 0 Å². The van der Waals surface area contributed by atoms with Gasteiger partial charge in [0.1, 0.15) is 0 Å². The average Bonchev–Trinajstić information content (AvgIpc) is 2.38. The number of hydrogen-bond acceptors (Lipinski definition) is 1. The van der Waals surface area contributed by atoms with Crippen molar-refractivity contribution in [2.24, 2.45) is 0 Å². The summed E-state index contributed by atoms with van der Waals surface area (Å²) >= 11 is 0. The fraction of sp³-hybridized carbons (Fsp3) is 0.133. The number of alkyl halides is 3. The first-order valence-electron chi connectivity index (χ1n) is 5.91. The molecule has 0 aliphatic carbocycles. The van der Waals surface area contributed by atoms with Crippen LogP contribution in [0.1, 0.15) is 16.7 Å². The lowest BCUT2D eigenvalue weighted by molar-refractivity contribution is -0.354. The Morgan fingerprint density at radius 2 is 1.75 bits per heavy atom. The van der Waals surface area contributed by atoms with Crippen molar-refractivity contribution in [2.45, 2.75) is 13.1 Å². The summed E-state index contributed by atoms with van der Waals surface area (Å²) in [5, 5.41) is 11.9. The van der Waals surface area contributed by atoms with Gasteiger partial charge in [-0.2, -0.15) is 17.9 Å². The first kappa shape index (κ1) is 14.1. The predicted molar refractivity (Wildman–Crippen MR) is 71.1 cm³/mol. The molecule has 0 spiro atoms. The Labute approximate surface area is 114 Å². The molecule has 0 aliphatic heterocycles. The van der Waals surface area contributed by atoms with Gasteiger partial charge in [-0.1, -0.05) is 23.8 Å². The molecule has 0 fully saturated rings. The lowest BCUT2D eigenvalue weighted by Gasteiger charge is -2.08. The van der Waals surface area contributed by atoms with E-state index in [-0.39, 0.29) is 5.69 Å². The van der Waals surface area contributed by atoms with Gasteiger partial charge in [0.25, 0.3) is 0 Å². The molecular weight excluding hydrogens is 267 g/mol. The van der Waals surface area contributed by atoms with Crippen LogP contribution in [-0.4, -0.2) is 11.0 Å². The fourth-order valence-electron chi connectivity index (χ4n) is 1.78. The van der Waals surface area contributed by atoms with E-state index < -0.39 is 11.7 Å². The van der Waals surface area contributed by atoms with Crippen molar-refractivity contribution >= 4 is 11.9 Å². The molecule has 0 amide bonds. The second-order valence-electron chi connectivity index (χ2n) is 4.42. The standard InChI is InChI=1S/C15H12F3NO/c1-11-4-2-5-12(8-11)10-19(20)14-7-3-6-13(9-14)15(16,17)18/h2-10H,1H3. The van der Waals surface area contributed by atoms with E-state index in [4.69, 9.17) is 0 Å². The predicted octanol–water partition coefficient (Wildman–Crippen LogP) is 4.27. The number of hydrogen-bond donors (Lipinski definition) is 0. The molecule has 0 saturated carbocycles. The molecule has 0 aromatic heterocycles. The summed E-state index contributed by atoms with van der Waals surface area (Å²) in [6.07, 6.45) is -3.21. The molecule has 2 nitrogen and oxygen atoms in total. The highest BCUT2D eigenvalue weighted by Crippen LogP contribution is 2.31. The largest absolute Gasteiger partial charge is 0.618 e. The summed E-state index contributed by atoms with van der Waals surface area (Å²) in [5.41, 5.74) is 0.712. The smallest absolute Gasteiger partial charge is 0.416 e. The molecule has 0 heterocycles. The maximum Gasteiger partial charge on any atom is 0.416 e. The summed E-state index contributed by atoms with van der Waals surface area (Å²) in [4.78, 5) is 0. The third kappa shape index (κ3) is 3.38. The number of rotatable bonds is 2. The molecule has 0 aliphatic rings. The average molecular weight is 279 g/mol. The molecule has 0 radical (unpaired) electrons. The Kier molecular flexibility index (Phi) is 3.79. The van der Waals surface area contributed by atoms with Crippen LogP contribution in [0.4, 0.5) is 18.9 Å². The van der Waals surface area contributed by atoms with E-state index >= 15 is 0 Å². The van der Waals surface area contributed by atoms with Crippen LogP contribution in [0.15, 0.2) is 48.5 Å². The Morgan fingerprint density at radius 3 is 2.40 bits per heavy atom. The van der Waals surface area contributed by atoms with Crippen LogP contribution in [0, 0.1) is 12.1 Å². The molecule has 0 unspecified atom stereocenters. The zero-order valence-corrected chi connectivity index (χ0v) is 10.7. The highest BCUT2D eigenvalue weighted by atomic mass is 19.4. The van der Waals surface area contributed by atoms with Gasteiger partial charge in [0, 0.05) is 17.7 Å². The minimum Gasteiger partial charge on any atom is -0.618 e. The number of nitrogens with zero attached hydrogens (tertiary/aromatic N) is 1. The van der Waals surface area contributed by atoms with Gasteiger partial charge in [0.05, 0.1) is 5.56 Å². The normalized spacial score (nSPS) is 12.5. The van der Waals surface area contributed by atoms with Gasteiger partial charge in [-0.25, -0.2) is 0 Å². The van der Waals surface area contributed by atoms with Crippen LogP contribution in [0.3, 0.4) is 0 Å². The first-order chi connectivity index (χ1) is 9.36. The van der Waals surface area contributed by atoms with Crippen LogP contribution < -0.4 is 0 Å². The van der Waals surface area contributed by atoms with Crippen molar-refractivity contribution in [2.75, 3.05) is 0 Å². The summed E-state index contributed by atoms with van der Waals surface area (Å²) in [6, 6.07) is 11.5. The second kappa shape index (κ2) is 5.36. The zero-order valence-electron chi connectivity index (χ0n) is 10.7. The third-order valence-corrected chi connectivity index (χ3v) is 2.74. The number of halogens is 3. The van der Waals surface area contributed by atoms with Gasteiger partial charge in [0.2, 0.25) is 5.69 Å². The van der Waals surface area contributed by atoms with Gasteiger partial charge in [-0.15, -0.1) is 0 Å². The minimum absolute atomic E-state index is 0.0543. The van der Waals surface area contributed by atoms with Crippen molar-refractivity contribution in [3.63, 3.8) is 0 Å². The summed E-state index contributed by atoms with van der Waals surface area (Å²) in [5.74, 6) is 0. The Bertz CT molecular complexity index is 648. The van der Waals surface area contributed by atoms with E-state index in [0.29, 0.717) is 10.3 Å². The molecule has 20 heavy (non-hydrogen) atoms. The molecule has 0 N–H and O–H groups in total. The maximum absolute atomic E-state index is 12.6. The van der Waals surface area contributed by atoms with Gasteiger partial charge in [0.15, 0.2) is 6.21 Å². The van der Waals surface area contributed by atoms with Crippen LogP contribution in [0.25, 0.3) is 0 Å². The van der Waals surface area contributed by atoms with Crippen LogP contribution in [0.5, 0.6) is 0 Å². The summed E-state index contributed by atoms with van der Waals surface area (Å²) in [7, 11) is 0. The molecule has 2 rings (SSSR count). The van der Waals surface area contributed by atoms with Gasteiger partial charge in [-0.3, -0.25) is 0 Å². The van der Waals surface area contributed by atoms with E-state index in [1.807, 2.05) is 13.0 Å². The topological polar surface area (TPSA) is 26.1 Å². The highest BCUT2D eigenvalue weighted by Gasteiger charge is 2.31. The molecule has 104 valence electrons. The quantitative estimate of drug-likeness (QED) is 0.349. The molecule has 2 aromatic carbocycles. The molecular formula is C15H12F3NO. The van der Waals surface area contributed by atoms with E-state index in [1.54, 1.807) is 18.2 Å². The van der Waals surface area contributed by atoms with Crippen LogP contribution in [0.2, 0.25) is 0 Å². The maximum atomic E-state index is 12.6. The summed E-state index contributed by atoms with van der Waals surface area (Å²) < 4.78 is 38.2. The SMILES string of the molecule is Cc1cccc(C=[N+]([O-])c2cccc(C(F)(F)F)c2)c1. The van der Waals surface area contributed by atoms with Gasteiger partial charge >= 0.3 is 6.18 Å². The van der Waals surface area contributed by atoms with Crippen molar-refractivity contribution in [1.82, 2.24) is 0 Å². The van der Waals surface area contributed by atoms with Gasteiger partial charge < -0.3 is 5.21 Å². The Hall–Kier alpha value is -2.30. The van der Waals surface area contributed by atoms with Crippen molar-refractivity contribution in [3.05, 3.63) is 70.4 Å². The minimum atomic E-state index is -4.46. The number of aryl methyl sites for hydroxylation is 1. The third-order valence-electron chi connectivity index (χ3n) is 2.74. The first-order valence-corrected chi connectivity index (χ1v) is 5.91. The highest BCUT2D eigenvalue weighted by molar-refractivity contribution is 5.76. The lowest BCUT2D eigenvalue weighted by atomic mass is 10.1. The molecule has 0 saturated heterocycles. The summed E-state index contributed by atoms with van der Waals surface area (Å²) in [6.45, 7) is 1.87. The molecule has 2 aromatic rings. The van der Waals surface area contributed by atoms with Crippen molar-refractivity contribution < 1.29 is 17.9 Å². The monoisotopic (exact) mass is 279 g/mol. The van der Waals surface area contributed by atoms with E-state index in [9.17, 15) is 18.4 Å². The zero-order chi connectivity index (χ0) is 14.8. The molecule has 0 atom stereocenters. The van der Waals surface area contributed by atoms with E-state index in [0.717, 1.165) is 17.7 Å².